The predicted octanol–water partition coefficient (Wildman–Crippen LogP) is 1.77. The second kappa shape index (κ2) is 5.01. The van der Waals surface area contributed by atoms with E-state index in [4.69, 9.17) is 17.3 Å². The summed E-state index contributed by atoms with van der Waals surface area (Å²) in [4.78, 5) is 0. The normalized spacial score (nSPS) is 13.2. The molecule has 1 heterocycles. The molecule has 1 atom stereocenters. The summed E-state index contributed by atoms with van der Waals surface area (Å²) in [5, 5.41) is 9.04. The van der Waals surface area contributed by atoms with E-state index in [1.807, 2.05) is 0 Å². The van der Waals surface area contributed by atoms with Gasteiger partial charge >= 0.3 is 0 Å². The third-order valence-electron chi connectivity index (χ3n) is 1.27. The average Bonchev–Trinajstić information content (AvgIpc) is 2.47. The average molecular weight is 224 g/mol. The summed E-state index contributed by atoms with van der Waals surface area (Å²) in [5.74, 6) is 0.850. The molecule has 1 rings (SSSR count). The van der Waals surface area contributed by atoms with Gasteiger partial charge in [0.05, 0.1) is 0 Å². The Labute approximate surface area is 84.7 Å². The number of hydrogen-bond donors (Lipinski definition) is 1. The minimum absolute atomic E-state index is 0.465. The maximum Gasteiger partial charge on any atom is 0.207 e. The van der Waals surface area contributed by atoms with Crippen molar-refractivity contribution in [1.29, 1.82) is 0 Å². The lowest BCUT2D eigenvalue weighted by molar-refractivity contribution is 0.948. The Kier molecular flexibility index (Phi) is 4.28. The van der Waals surface area contributed by atoms with Crippen molar-refractivity contribution in [2.24, 2.45) is 5.73 Å². The fraction of sp³-hybridized carbons (Fsp3) is 0.667. The minimum Gasteiger partial charge on any atom is -0.329 e. The standard InChI is InChI=1S/C6H10ClN3S2/c1-4(2-8)11-3-5-9-10-6(7)12-5/h4H,2-3,8H2,1H3. The highest BCUT2D eigenvalue weighted by atomic mass is 35.5. The molecule has 0 saturated heterocycles. The molecule has 0 aliphatic rings. The van der Waals surface area contributed by atoms with Crippen LogP contribution in [0.2, 0.25) is 4.47 Å². The summed E-state index contributed by atoms with van der Waals surface area (Å²) in [7, 11) is 0. The van der Waals surface area contributed by atoms with Crippen LogP contribution in [-0.4, -0.2) is 22.0 Å². The summed E-state index contributed by atoms with van der Waals surface area (Å²) < 4.78 is 0.506. The van der Waals surface area contributed by atoms with Crippen LogP contribution >= 0.6 is 34.7 Å². The van der Waals surface area contributed by atoms with Crippen molar-refractivity contribution in [3.63, 3.8) is 0 Å². The molecule has 0 saturated carbocycles. The molecule has 68 valence electrons. The fourth-order valence-electron chi connectivity index (χ4n) is 0.573. The van der Waals surface area contributed by atoms with E-state index in [1.165, 1.54) is 11.3 Å². The van der Waals surface area contributed by atoms with Gasteiger partial charge in [0.1, 0.15) is 5.01 Å². The van der Waals surface area contributed by atoms with E-state index in [0.717, 1.165) is 10.8 Å². The zero-order valence-electron chi connectivity index (χ0n) is 6.66. The van der Waals surface area contributed by atoms with Gasteiger partial charge in [-0.1, -0.05) is 18.3 Å². The monoisotopic (exact) mass is 223 g/mol. The first-order valence-electron chi connectivity index (χ1n) is 3.52. The molecule has 0 amide bonds. The van der Waals surface area contributed by atoms with E-state index in [2.05, 4.69) is 17.1 Å². The van der Waals surface area contributed by atoms with Gasteiger partial charge in [-0.05, 0) is 11.6 Å². The quantitative estimate of drug-likeness (QED) is 0.846. The van der Waals surface area contributed by atoms with Crippen LogP contribution in [0.3, 0.4) is 0 Å². The van der Waals surface area contributed by atoms with Crippen molar-refractivity contribution in [2.45, 2.75) is 17.9 Å². The smallest absolute Gasteiger partial charge is 0.207 e. The summed E-state index contributed by atoms with van der Waals surface area (Å²) in [6.45, 7) is 2.78. The zero-order valence-corrected chi connectivity index (χ0v) is 9.05. The number of nitrogens with zero attached hydrogens (tertiary/aromatic N) is 2. The van der Waals surface area contributed by atoms with Crippen LogP contribution in [0.1, 0.15) is 11.9 Å². The largest absolute Gasteiger partial charge is 0.329 e. The number of thioether (sulfide) groups is 1. The Morgan fingerprint density at radius 1 is 1.67 bits per heavy atom. The SMILES string of the molecule is CC(CN)SCc1nnc(Cl)s1. The minimum atomic E-state index is 0.465. The molecule has 1 aromatic heterocycles. The Morgan fingerprint density at radius 2 is 2.42 bits per heavy atom. The third-order valence-corrected chi connectivity index (χ3v) is 3.67. The second-order valence-corrected chi connectivity index (χ2v) is 5.38. The molecule has 0 bridgehead atoms. The van der Waals surface area contributed by atoms with Crippen LogP contribution in [-0.2, 0) is 5.75 Å². The highest BCUT2D eigenvalue weighted by Gasteiger charge is 2.04. The van der Waals surface area contributed by atoms with Crippen LogP contribution in [0.25, 0.3) is 0 Å². The van der Waals surface area contributed by atoms with Crippen LogP contribution in [0, 0.1) is 0 Å². The summed E-state index contributed by atoms with van der Waals surface area (Å²) in [6.07, 6.45) is 0. The predicted molar refractivity (Wildman–Crippen MR) is 54.7 cm³/mol. The summed E-state index contributed by atoms with van der Waals surface area (Å²) >= 11 is 8.81. The van der Waals surface area contributed by atoms with Crippen LogP contribution < -0.4 is 5.73 Å². The number of hydrogen-bond acceptors (Lipinski definition) is 5. The molecule has 0 spiro atoms. The molecular formula is C6H10ClN3S2. The maximum atomic E-state index is 5.62. The summed E-state index contributed by atoms with van der Waals surface area (Å²) in [6, 6.07) is 0. The van der Waals surface area contributed by atoms with Gasteiger partial charge in [-0.15, -0.1) is 10.2 Å². The fourth-order valence-corrected chi connectivity index (χ4v) is 2.30. The van der Waals surface area contributed by atoms with Crippen molar-refractivity contribution in [3.05, 3.63) is 9.47 Å². The second-order valence-electron chi connectivity index (χ2n) is 2.31. The van der Waals surface area contributed by atoms with Crippen LogP contribution in [0.5, 0.6) is 0 Å². The molecule has 1 unspecified atom stereocenters. The van der Waals surface area contributed by atoms with Crippen molar-refractivity contribution < 1.29 is 0 Å². The first-order valence-corrected chi connectivity index (χ1v) is 5.76. The van der Waals surface area contributed by atoms with Gasteiger partial charge in [-0.25, -0.2) is 0 Å². The Hall–Kier alpha value is 0.160. The van der Waals surface area contributed by atoms with E-state index in [0.29, 0.717) is 16.3 Å². The molecule has 6 heteroatoms. The molecule has 3 nitrogen and oxygen atoms in total. The van der Waals surface area contributed by atoms with Crippen molar-refractivity contribution in [2.75, 3.05) is 6.54 Å². The molecular weight excluding hydrogens is 214 g/mol. The maximum absolute atomic E-state index is 5.62. The van der Waals surface area contributed by atoms with Gasteiger partial charge in [-0.3, -0.25) is 0 Å². The number of aromatic nitrogens is 2. The highest BCUT2D eigenvalue weighted by Crippen LogP contribution is 2.21. The third kappa shape index (κ3) is 3.26. The molecule has 2 N–H and O–H groups in total. The van der Waals surface area contributed by atoms with Gasteiger partial charge < -0.3 is 5.73 Å². The molecule has 0 aliphatic heterocycles. The van der Waals surface area contributed by atoms with Gasteiger partial charge in [0.2, 0.25) is 4.47 Å². The van der Waals surface area contributed by atoms with Crippen LogP contribution in [0.4, 0.5) is 0 Å². The van der Waals surface area contributed by atoms with E-state index >= 15 is 0 Å². The highest BCUT2D eigenvalue weighted by molar-refractivity contribution is 7.99. The van der Waals surface area contributed by atoms with E-state index < -0.39 is 0 Å². The lowest BCUT2D eigenvalue weighted by Crippen LogP contribution is -2.12. The zero-order chi connectivity index (χ0) is 8.97. The molecule has 0 aromatic carbocycles. The molecule has 1 aromatic rings. The summed E-state index contributed by atoms with van der Waals surface area (Å²) in [5.41, 5.74) is 5.46. The van der Waals surface area contributed by atoms with Crippen molar-refractivity contribution in [1.82, 2.24) is 10.2 Å². The van der Waals surface area contributed by atoms with Gasteiger partial charge in [0.25, 0.3) is 0 Å². The van der Waals surface area contributed by atoms with Crippen LogP contribution in [0.15, 0.2) is 0 Å². The van der Waals surface area contributed by atoms with Gasteiger partial charge in [0, 0.05) is 17.5 Å². The Bertz CT molecular complexity index is 240. The topological polar surface area (TPSA) is 51.8 Å². The van der Waals surface area contributed by atoms with E-state index in [9.17, 15) is 0 Å². The first kappa shape index (κ1) is 10.2. The molecule has 0 aliphatic carbocycles. The molecule has 0 radical (unpaired) electrons. The van der Waals surface area contributed by atoms with Crippen molar-refractivity contribution >= 4 is 34.7 Å². The Balaban J connectivity index is 2.33. The number of rotatable bonds is 4. The number of nitrogens with two attached hydrogens (primary N) is 1. The van der Waals surface area contributed by atoms with Gasteiger partial charge in [-0.2, -0.15) is 11.8 Å². The van der Waals surface area contributed by atoms with E-state index in [1.54, 1.807) is 11.8 Å². The lowest BCUT2D eigenvalue weighted by atomic mass is 10.5. The van der Waals surface area contributed by atoms with Gasteiger partial charge in [0.15, 0.2) is 0 Å². The number of halogens is 1. The molecule has 12 heavy (non-hydrogen) atoms. The van der Waals surface area contributed by atoms with Crippen molar-refractivity contribution in [3.8, 4) is 0 Å². The Morgan fingerprint density at radius 3 is 2.92 bits per heavy atom. The first-order chi connectivity index (χ1) is 5.72. The van der Waals surface area contributed by atoms with E-state index in [-0.39, 0.29) is 0 Å². The lowest BCUT2D eigenvalue weighted by Gasteiger charge is -2.04. The molecule has 0 fully saturated rings.